The Morgan fingerprint density at radius 3 is 2.79 bits per heavy atom. The lowest BCUT2D eigenvalue weighted by Crippen LogP contribution is -2.20. The number of hydrogen-bond acceptors (Lipinski definition) is 3. The number of nitrogens with one attached hydrogen (secondary N) is 1. The molecule has 19 heavy (non-hydrogen) atoms. The Kier molecular flexibility index (Phi) is 3.97. The average Bonchev–Trinajstić information content (AvgIpc) is 2.75. The zero-order valence-electron chi connectivity index (χ0n) is 10.7. The van der Waals surface area contributed by atoms with E-state index in [0.717, 1.165) is 11.1 Å². The quantitative estimate of drug-likeness (QED) is 0.811. The van der Waals surface area contributed by atoms with Gasteiger partial charge in [0.2, 0.25) is 5.91 Å². The van der Waals surface area contributed by atoms with Crippen LogP contribution in [0.25, 0.3) is 6.08 Å². The van der Waals surface area contributed by atoms with Crippen molar-refractivity contribution < 1.29 is 4.79 Å². The van der Waals surface area contributed by atoms with Crippen molar-refractivity contribution in [3.05, 3.63) is 53.7 Å². The van der Waals surface area contributed by atoms with Gasteiger partial charge >= 0.3 is 0 Å². The average molecular weight is 256 g/mol. The van der Waals surface area contributed by atoms with E-state index in [0.29, 0.717) is 12.4 Å². The smallest absolute Gasteiger partial charge is 0.244 e. The number of nitrogen functional groups attached to an aromatic ring is 1. The number of rotatable bonds is 4. The Morgan fingerprint density at radius 2 is 2.16 bits per heavy atom. The number of aryl methyl sites for hydroxylation is 1. The third kappa shape index (κ3) is 3.45. The van der Waals surface area contributed by atoms with Crippen LogP contribution in [0.2, 0.25) is 0 Å². The Balaban J connectivity index is 1.89. The fourth-order valence-electron chi connectivity index (χ4n) is 1.61. The number of hydrogen-bond donors (Lipinski definition) is 2. The van der Waals surface area contributed by atoms with Crippen LogP contribution < -0.4 is 11.1 Å². The van der Waals surface area contributed by atoms with E-state index >= 15 is 0 Å². The molecule has 1 aromatic heterocycles. The molecule has 2 rings (SSSR count). The fraction of sp³-hybridized carbons (Fsp3) is 0.143. The molecule has 0 aliphatic carbocycles. The van der Waals surface area contributed by atoms with Gasteiger partial charge in [-0.3, -0.25) is 9.48 Å². The van der Waals surface area contributed by atoms with Crippen LogP contribution in [0.15, 0.2) is 42.6 Å². The van der Waals surface area contributed by atoms with E-state index in [2.05, 4.69) is 10.4 Å². The minimum Gasteiger partial charge on any atom is -0.384 e. The van der Waals surface area contributed by atoms with Crippen LogP contribution in [0, 0.1) is 0 Å². The summed E-state index contributed by atoms with van der Waals surface area (Å²) in [4.78, 5) is 11.6. The minimum atomic E-state index is -0.160. The van der Waals surface area contributed by atoms with Gasteiger partial charge < -0.3 is 11.1 Å². The first kappa shape index (κ1) is 12.9. The van der Waals surface area contributed by atoms with Gasteiger partial charge in [-0.25, -0.2) is 0 Å². The molecule has 0 aliphatic rings. The van der Waals surface area contributed by atoms with Crippen LogP contribution in [-0.4, -0.2) is 15.7 Å². The summed E-state index contributed by atoms with van der Waals surface area (Å²) in [6, 6.07) is 9.65. The molecule has 0 bridgehead atoms. The Bertz CT molecular complexity index is 587. The van der Waals surface area contributed by atoms with Gasteiger partial charge in [-0.1, -0.05) is 30.3 Å². The molecule has 0 saturated heterocycles. The molecule has 0 atom stereocenters. The van der Waals surface area contributed by atoms with Crippen LogP contribution in [0.3, 0.4) is 0 Å². The summed E-state index contributed by atoms with van der Waals surface area (Å²) in [6.07, 6.45) is 4.92. The molecule has 3 N–H and O–H groups in total. The Labute approximate surface area is 111 Å². The predicted octanol–water partition coefficient (Wildman–Crippen LogP) is 1.33. The van der Waals surface area contributed by atoms with Gasteiger partial charge in [-0.15, -0.1) is 0 Å². The van der Waals surface area contributed by atoms with Crippen molar-refractivity contribution in [2.75, 3.05) is 5.73 Å². The number of nitrogens with zero attached hydrogens (tertiary/aromatic N) is 2. The van der Waals surface area contributed by atoms with Crippen molar-refractivity contribution in [3.8, 4) is 0 Å². The van der Waals surface area contributed by atoms with Gasteiger partial charge in [0.25, 0.3) is 0 Å². The highest BCUT2D eigenvalue weighted by Gasteiger charge is 2.04. The monoisotopic (exact) mass is 256 g/mol. The topological polar surface area (TPSA) is 72.9 Å². The molecule has 1 amide bonds. The van der Waals surface area contributed by atoms with E-state index in [1.54, 1.807) is 24.0 Å². The van der Waals surface area contributed by atoms with Crippen molar-refractivity contribution in [3.63, 3.8) is 0 Å². The number of anilines is 1. The van der Waals surface area contributed by atoms with Gasteiger partial charge in [-0.2, -0.15) is 5.10 Å². The van der Waals surface area contributed by atoms with Crippen LogP contribution in [-0.2, 0) is 18.4 Å². The SMILES string of the molecule is Cn1ncc(CNC(=O)C=Cc2ccccc2)c1N. The van der Waals surface area contributed by atoms with E-state index in [1.165, 1.54) is 6.08 Å². The summed E-state index contributed by atoms with van der Waals surface area (Å²) in [7, 11) is 1.76. The molecule has 0 unspecified atom stereocenters. The second kappa shape index (κ2) is 5.86. The fourth-order valence-corrected chi connectivity index (χ4v) is 1.61. The molecule has 0 saturated carbocycles. The second-order valence-corrected chi connectivity index (χ2v) is 4.14. The number of carbonyl (C=O) groups excluding carboxylic acids is 1. The molecule has 0 spiro atoms. The molecule has 2 aromatic rings. The first-order valence-electron chi connectivity index (χ1n) is 5.94. The zero-order chi connectivity index (χ0) is 13.7. The molecule has 5 nitrogen and oxygen atoms in total. The van der Waals surface area contributed by atoms with Crippen LogP contribution in [0.4, 0.5) is 5.82 Å². The number of aromatic nitrogens is 2. The molecule has 0 aliphatic heterocycles. The molecule has 5 heteroatoms. The van der Waals surface area contributed by atoms with Gasteiger partial charge in [0, 0.05) is 25.2 Å². The molecule has 98 valence electrons. The van der Waals surface area contributed by atoms with Crippen LogP contribution in [0.5, 0.6) is 0 Å². The van der Waals surface area contributed by atoms with Gasteiger partial charge in [0.1, 0.15) is 5.82 Å². The predicted molar refractivity (Wildman–Crippen MR) is 74.9 cm³/mol. The van der Waals surface area contributed by atoms with Crippen LogP contribution in [0.1, 0.15) is 11.1 Å². The van der Waals surface area contributed by atoms with E-state index in [4.69, 9.17) is 5.73 Å². The zero-order valence-corrected chi connectivity index (χ0v) is 10.7. The molecular formula is C14H16N4O. The van der Waals surface area contributed by atoms with Crippen molar-refractivity contribution >= 4 is 17.8 Å². The molecule has 0 radical (unpaired) electrons. The minimum absolute atomic E-state index is 0.160. The highest BCUT2D eigenvalue weighted by Crippen LogP contribution is 2.08. The maximum Gasteiger partial charge on any atom is 0.244 e. The molecule has 1 heterocycles. The number of amides is 1. The summed E-state index contributed by atoms with van der Waals surface area (Å²) < 4.78 is 1.57. The summed E-state index contributed by atoms with van der Waals surface area (Å²) in [5, 5.41) is 6.77. The Hall–Kier alpha value is -2.56. The molecule has 1 aromatic carbocycles. The lowest BCUT2D eigenvalue weighted by atomic mass is 10.2. The van der Waals surface area contributed by atoms with Crippen molar-refractivity contribution in [1.29, 1.82) is 0 Å². The van der Waals surface area contributed by atoms with Crippen molar-refractivity contribution in [1.82, 2.24) is 15.1 Å². The normalized spacial score (nSPS) is 10.8. The second-order valence-electron chi connectivity index (χ2n) is 4.14. The van der Waals surface area contributed by atoms with E-state index in [9.17, 15) is 4.79 Å². The maximum absolute atomic E-state index is 11.6. The summed E-state index contributed by atoms with van der Waals surface area (Å²) in [5.74, 6) is 0.402. The maximum atomic E-state index is 11.6. The summed E-state index contributed by atoms with van der Waals surface area (Å²) in [5.41, 5.74) is 7.58. The number of nitrogens with two attached hydrogens (primary N) is 1. The summed E-state index contributed by atoms with van der Waals surface area (Å²) >= 11 is 0. The van der Waals surface area contributed by atoms with E-state index in [-0.39, 0.29) is 5.91 Å². The largest absolute Gasteiger partial charge is 0.384 e. The van der Waals surface area contributed by atoms with Crippen molar-refractivity contribution in [2.24, 2.45) is 7.05 Å². The van der Waals surface area contributed by atoms with Gasteiger partial charge in [0.15, 0.2) is 0 Å². The van der Waals surface area contributed by atoms with Crippen LogP contribution >= 0.6 is 0 Å². The highest BCUT2D eigenvalue weighted by molar-refractivity contribution is 5.91. The lowest BCUT2D eigenvalue weighted by Gasteiger charge is -2.01. The van der Waals surface area contributed by atoms with E-state index < -0.39 is 0 Å². The van der Waals surface area contributed by atoms with Gasteiger partial charge in [-0.05, 0) is 11.6 Å². The summed E-state index contributed by atoms with van der Waals surface area (Å²) in [6.45, 7) is 0.373. The molecule has 0 fully saturated rings. The lowest BCUT2D eigenvalue weighted by molar-refractivity contribution is -0.116. The van der Waals surface area contributed by atoms with E-state index in [1.807, 2.05) is 30.3 Å². The third-order valence-corrected chi connectivity index (χ3v) is 2.74. The standard InChI is InChI=1S/C14H16N4O/c1-18-14(15)12(10-17-18)9-16-13(19)8-7-11-5-3-2-4-6-11/h2-8,10H,9,15H2,1H3,(H,16,19). The number of carbonyl (C=O) groups is 1. The first-order chi connectivity index (χ1) is 9.16. The Morgan fingerprint density at radius 1 is 1.42 bits per heavy atom. The molecular weight excluding hydrogens is 240 g/mol. The first-order valence-corrected chi connectivity index (χ1v) is 5.94. The third-order valence-electron chi connectivity index (χ3n) is 2.74. The van der Waals surface area contributed by atoms with Crippen molar-refractivity contribution in [2.45, 2.75) is 6.54 Å². The van der Waals surface area contributed by atoms with Gasteiger partial charge in [0.05, 0.1) is 6.20 Å². The number of benzene rings is 1. The highest BCUT2D eigenvalue weighted by atomic mass is 16.1.